The molecule has 0 aliphatic rings. The maximum Gasteiger partial charge on any atom is 0.275 e. The van der Waals surface area contributed by atoms with Crippen LogP contribution in [0.25, 0.3) is 10.8 Å². The van der Waals surface area contributed by atoms with E-state index in [9.17, 15) is 9.90 Å². The van der Waals surface area contributed by atoms with Crippen molar-refractivity contribution < 1.29 is 9.90 Å². The number of amides is 1. The minimum atomic E-state index is -0.399. The number of rotatable bonds is 4. The molecule has 2 aromatic carbocycles. The first kappa shape index (κ1) is 14.1. The maximum atomic E-state index is 12.0. The Morgan fingerprint density at radius 2 is 2.00 bits per heavy atom. The standard InChI is InChI=1S/C16H18N2O2/c1-3-6-11(2)17-18-16(20)14-10-9-12-7-4-5-8-13(12)15(14)19/h4-5,7-10,19H,3,6H2,1-2H3,(H,18,20). The van der Waals surface area contributed by atoms with Crippen LogP contribution >= 0.6 is 0 Å². The van der Waals surface area contributed by atoms with Crippen LogP contribution in [0.1, 0.15) is 37.0 Å². The van der Waals surface area contributed by atoms with Crippen molar-refractivity contribution in [2.24, 2.45) is 5.10 Å². The number of nitrogens with one attached hydrogen (secondary N) is 1. The maximum absolute atomic E-state index is 12.0. The van der Waals surface area contributed by atoms with Crippen LogP contribution in [0, 0.1) is 0 Å². The van der Waals surface area contributed by atoms with E-state index in [2.05, 4.69) is 17.5 Å². The van der Waals surface area contributed by atoms with Crippen LogP contribution in [0.4, 0.5) is 0 Å². The predicted molar refractivity (Wildman–Crippen MR) is 81.1 cm³/mol. The van der Waals surface area contributed by atoms with E-state index < -0.39 is 5.91 Å². The first-order chi connectivity index (χ1) is 9.63. The number of carbonyl (C=O) groups is 1. The molecule has 20 heavy (non-hydrogen) atoms. The summed E-state index contributed by atoms with van der Waals surface area (Å²) >= 11 is 0. The number of hydrogen-bond donors (Lipinski definition) is 2. The number of nitrogens with zero attached hydrogens (tertiary/aromatic N) is 1. The molecule has 0 spiro atoms. The summed E-state index contributed by atoms with van der Waals surface area (Å²) in [7, 11) is 0. The molecule has 4 heteroatoms. The van der Waals surface area contributed by atoms with Crippen molar-refractivity contribution >= 4 is 22.4 Å². The van der Waals surface area contributed by atoms with Crippen LogP contribution in [-0.2, 0) is 0 Å². The van der Waals surface area contributed by atoms with Gasteiger partial charge in [0.05, 0.1) is 5.56 Å². The molecule has 0 radical (unpaired) electrons. The Kier molecular flexibility index (Phi) is 4.35. The summed E-state index contributed by atoms with van der Waals surface area (Å²) in [6.07, 6.45) is 1.82. The molecule has 0 saturated heterocycles. The first-order valence-corrected chi connectivity index (χ1v) is 6.67. The van der Waals surface area contributed by atoms with Crippen molar-refractivity contribution in [3.63, 3.8) is 0 Å². The minimum Gasteiger partial charge on any atom is -0.506 e. The van der Waals surface area contributed by atoms with Gasteiger partial charge in [0.15, 0.2) is 0 Å². The summed E-state index contributed by atoms with van der Waals surface area (Å²) in [5.74, 6) is -0.410. The van der Waals surface area contributed by atoms with Crippen molar-refractivity contribution in [3.05, 3.63) is 42.0 Å². The molecule has 0 atom stereocenters. The normalized spacial score (nSPS) is 11.6. The number of phenols is 1. The van der Waals surface area contributed by atoms with E-state index in [-0.39, 0.29) is 11.3 Å². The van der Waals surface area contributed by atoms with Gasteiger partial charge >= 0.3 is 0 Å². The second-order valence-electron chi connectivity index (χ2n) is 4.72. The zero-order valence-electron chi connectivity index (χ0n) is 11.7. The Hall–Kier alpha value is -2.36. The van der Waals surface area contributed by atoms with Gasteiger partial charge in [-0.25, -0.2) is 5.43 Å². The summed E-state index contributed by atoms with van der Waals surface area (Å²) < 4.78 is 0. The van der Waals surface area contributed by atoms with Gasteiger partial charge in [0, 0.05) is 11.1 Å². The lowest BCUT2D eigenvalue weighted by Gasteiger charge is -2.07. The van der Waals surface area contributed by atoms with Gasteiger partial charge in [0.25, 0.3) is 5.91 Å². The third-order valence-electron chi connectivity index (χ3n) is 3.11. The van der Waals surface area contributed by atoms with Crippen molar-refractivity contribution in [1.29, 1.82) is 0 Å². The summed E-state index contributed by atoms with van der Waals surface area (Å²) in [5, 5.41) is 15.8. The molecule has 0 unspecified atom stereocenters. The number of benzene rings is 2. The van der Waals surface area contributed by atoms with Gasteiger partial charge in [0.1, 0.15) is 5.75 Å². The SMILES string of the molecule is CCCC(C)=NNC(=O)c1ccc2ccccc2c1O. The molecule has 0 heterocycles. The van der Waals surface area contributed by atoms with Gasteiger partial charge in [-0.2, -0.15) is 5.10 Å². The zero-order chi connectivity index (χ0) is 14.5. The predicted octanol–water partition coefficient (Wildman–Crippen LogP) is 3.45. The highest BCUT2D eigenvalue weighted by Gasteiger charge is 2.13. The van der Waals surface area contributed by atoms with E-state index in [4.69, 9.17) is 0 Å². The lowest BCUT2D eigenvalue weighted by atomic mass is 10.1. The van der Waals surface area contributed by atoms with Gasteiger partial charge in [-0.05, 0) is 24.8 Å². The third kappa shape index (κ3) is 2.96. The monoisotopic (exact) mass is 270 g/mol. The smallest absolute Gasteiger partial charge is 0.275 e. The van der Waals surface area contributed by atoms with E-state index in [1.54, 1.807) is 12.1 Å². The molecular weight excluding hydrogens is 252 g/mol. The van der Waals surface area contributed by atoms with Crippen molar-refractivity contribution in [2.45, 2.75) is 26.7 Å². The van der Waals surface area contributed by atoms with E-state index in [0.717, 1.165) is 23.9 Å². The second-order valence-corrected chi connectivity index (χ2v) is 4.72. The third-order valence-corrected chi connectivity index (χ3v) is 3.11. The second kappa shape index (κ2) is 6.19. The van der Waals surface area contributed by atoms with Crippen molar-refractivity contribution in [1.82, 2.24) is 5.43 Å². The number of hydrazone groups is 1. The van der Waals surface area contributed by atoms with Crippen LogP contribution in [0.5, 0.6) is 5.75 Å². The Bertz CT molecular complexity index is 663. The summed E-state index contributed by atoms with van der Waals surface area (Å²) in [6, 6.07) is 10.8. The highest BCUT2D eigenvalue weighted by atomic mass is 16.3. The van der Waals surface area contributed by atoms with Crippen molar-refractivity contribution in [2.75, 3.05) is 0 Å². The minimum absolute atomic E-state index is 0.0102. The van der Waals surface area contributed by atoms with Crippen LogP contribution in [0.2, 0.25) is 0 Å². The van der Waals surface area contributed by atoms with Crippen molar-refractivity contribution in [3.8, 4) is 5.75 Å². The number of fused-ring (bicyclic) bond motifs is 1. The molecule has 104 valence electrons. The fourth-order valence-corrected chi connectivity index (χ4v) is 2.06. The molecule has 0 aromatic heterocycles. The molecule has 0 saturated carbocycles. The van der Waals surface area contributed by atoms with E-state index in [1.807, 2.05) is 31.2 Å². The molecule has 0 aliphatic carbocycles. The summed E-state index contributed by atoms with van der Waals surface area (Å²) in [4.78, 5) is 12.0. The molecule has 0 bridgehead atoms. The van der Waals surface area contributed by atoms with E-state index in [0.29, 0.717) is 5.39 Å². The molecule has 0 aliphatic heterocycles. The largest absolute Gasteiger partial charge is 0.506 e. The zero-order valence-corrected chi connectivity index (χ0v) is 11.7. The fraction of sp³-hybridized carbons (Fsp3) is 0.250. The highest BCUT2D eigenvalue weighted by molar-refractivity contribution is 6.03. The average molecular weight is 270 g/mol. The Balaban J connectivity index is 2.27. The van der Waals surface area contributed by atoms with Crippen LogP contribution in [0.3, 0.4) is 0 Å². The number of aromatic hydroxyl groups is 1. The van der Waals surface area contributed by atoms with E-state index in [1.165, 1.54) is 0 Å². The van der Waals surface area contributed by atoms with Gasteiger partial charge in [-0.15, -0.1) is 0 Å². The quantitative estimate of drug-likeness (QED) is 0.660. The van der Waals surface area contributed by atoms with Crippen LogP contribution in [-0.4, -0.2) is 16.7 Å². The van der Waals surface area contributed by atoms with Gasteiger partial charge < -0.3 is 5.11 Å². The highest BCUT2D eigenvalue weighted by Crippen LogP contribution is 2.28. The Labute approximate surface area is 118 Å². The molecular formula is C16H18N2O2. The van der Waals surface area contributed by atoms with E-state index >= 15 is 0 Å². The molecule has 1 amide bonds. The van der Waals surface area contributed by atoms with Crippen LogP contribution in [0.15, 0.2) is 41.5 Å². The molecule has 0 fully saturated rings. The number of phenolic OH excluding ortho intramolecular Hbond substituents is 1. The Morgan fingerprint density at radius 3 is 2.75 bits per heavy atom. The summed E-state index contributed by atoms with van der Waals surface area (Å²) in [5.41, 5.74) is 3.57. The fourth-order valence-electron chi connectivity index (χ4n) is 2.06. The Morgan fingerprint density at radius 1 is 1.25 bits per heavy atom. The lowest BCUT2D eigenvalue weighted by molar-refractivity contribution is 0.0952. The average Bonchev–Trinajstić information content (AvgIpc) is 2.46. The van der Waals surface area contributed by atoms with Gasteiger partial charge in [-0.1, -0.05) is 43.7 Å². The molecule has 2 aromatic rings. The number of carbonyl (C=O) groups excluding carboxylic acids is 1. The van der Waals surface area contributed by atoms with Crippen LogP contribution < -0.4 is 5.43 Å². The first-order valence-electron chi connectivity index (χ1n) is 6.67. The summed E-state index contributed by atoms with van der Waals surface area (Å²) in [6.45, 7) is 3.92. The molecule has 2 N–H and O–H groups in total. The molecule has 2 rings (SSSR count). The number of hydrogen-bond acceptors (Lipinski definition) is 3. The molecule has 4 nitrogen and oxygen atoms in total. The van der Waals surface area contributed by atoms with Gasteiger partial charge in [-0.3, -0.25) is 4.79 Å². The topological polar surface area (TPSA) is 61.7 Å². The lowest BCUT2D eigenvalue weighted by Crippen LogP contribution is -2.19. The van der Waals surface area contributed by atoms with Gasteiger partial charge in [0.2, 0.25) is 0 Å².